The van der Waals surface area contributed by atoms with Crippen LogP contribution in [0, 0.1) is 19.7 Å². The first kappa shape index (κ1) is 28.3. The molecule has 8 heteroatoms. The van der Waals surface area contributed by atoms with Crippen LogP contribution in [0.5, 0.6) is 5.75 Å². The molecule has 0 saturated carbocycles. The average molecular weight is 556 g/mol. The molecule has 7 nitrogen and oxygen atoms in total. The van der Waals surface area contributed by atoms with Gasteiger partial charge in [-0.1, -0.05) is 30.3 Å². The van der Waals surface area contributed by atoms with Crippen LogP contribution < -0.4 is 20.9 Å². The molecule has 0 bridgehead atoms. The zero-order valence-corrected chi connectivity index (χ0v) is 23.7. The smallest absolute Gasteiger partial charge is 0.263 e. The van der Waals surface area contributed by atoms with Gasteiger partial charge >= 0.3 is 0 Å². The van der Waals surface area contributed by atoms with Crippen molar-refractivity contribution in [3.63, 3.8) is 0 Å². The molecule has 4 aromatic rings. The third-order valence-electron chi connectivity index (χ3n) is 7.76. The number of rotatable bonds is 8. The van der Waals surface area contributed by atoms with E-state index in [9.17, 15) is 9.59 Å². The summed E-state index contributed by atoms with van der Waals surface area (Å²) in [5.41, 5.74) is 6.11. The summed E-state index contributed by atoms with van der Waals surface area (Å²) in [6.07, 6.45) is 2.52. The van der Waals surface area contributed by atoms with Gasteiger partial charge in [-0.15, -0.1) is 0 Å². The predicted molar refractivity (Wildman–Crippen MR) is 159 cm³/mol. The normalized spacial score (nSPS) is 14.7. The van der Waals surface area contributed by atoms with Crippen LogP contribution in [0.2, 0.25) is 0 Å². The Hall–Kier alpha value is -4.27. The van der Waals surface area contributed by atoms with Gasteiger partial charge in [0.15, 0.2) is 0 Å². The number of pyridine rings is 1. The lowest BCUT2D eigenvalue weighted by atomic mass is 9.90. The van der Waals surface area contributed by atoms with E-state index in [1.807, 2.05) is 56.3 Å². The molecule has 0 radical (unpaired) electrons. The van der Waals surface area contributed by atoms with Gasteiger partial charge in [-0.05, 0) is 84.0 Å². The fourth-order valence-corrected chi connectivity index (χ4v) is 5.33. The molecular formula is C33H34FN3O4. The van der Waals surface area contributed by atoms with E-state index in [1.165, 1.54) is 10.6 Å². The van der Waals surface area contributed by atoms with Gasteiger partial charge < -0.3 is 24.7 Å². The fourth-order valence-electron chi connectivity index (χ4n) is 5.33. The molecular weight excluding hydrogens is 521 g/mol. The Morgan fingerprint density at radius 2 is 1.78 bits per heavy atom. The molecule has 1 aromatic heterocycles. The first-order valence-electron chi connectivity index (χ1n) is 13.6. The molecule has 1 aliphatic rings. The van der Waals surface area contributed by atoms with Crippen LogP contribution in [0.1, 0.15) is 33.5 Å². The van der Waals surface area contributed by atoms with Crippen LogP contribution in [0.15, 0.2) is 71.7 Å². The number of methoxy groups -OCH3 is 1. The van der Waals surface area contributed by atoms with E-state index in [0.717, 1.165) is 34.2 Å². The molecule has 1 amide bonds. The van der Waals surface area contributed by atoms with Crippen molar-refractivity contribution in [3.05, 3.63) is 105 Å². The molecule has 1 aliphatic heterocycles. The zero-order valence-electron chi connectivity index (χ0n) is 23.7. The minimum absolute atomic E-state index is 0.0733. The number of nitrogens with zero attached hydrogens (tertiary/aromatic N) is 1. The van der Waals surface area contributed by atoms with Crippen LogP contribution in [-0.2, 0) is 18.3 Å². The third kappa shape index (κ3) is 5.80. The highest BCUT2D eigenvalue weighted by molar-refractivity contribution is 6.05. The van der Waals surface area contributed by atoms with Crippen molar-refractivity contribution in [1.29, 1.82) is 0 Å². The second-order valence-corrected chi connectivity index (χ2v) is 10.3. The maximum absolute atomic E-state index is 15.4. The maximum atomic E-state index is 15.4. The lowest BCUT2D eigenvalue weighted by Crippen LogP contribution is -2.29. The number of hydrogen-bond acceptors (Lipinski definition) is 5. The van der Waals surface area contributed by atoms with Crippen molar-refractivity contribution in [2.75, 3.05) is 25.6 Å². The van der Waals surface area contributed by atoms with E-state index < -0.39 is 5.91 Å². The van der Waals surface area contributed by atoms with Crippen molar-refractivity contribution < 1.29 is 18.7 Å². The number of aryl methyl sites for hydroxylation is 1. The fraction of sp³-hybridized carbons (Fsp3) is 0.273. The number of halogens is 1. The van der Waals surface area contributed by atoms with Crippen LogP contribution in [0.4, 0.5) is 10.1 Å². The van der Waals surface area contributed by atoms with Crippen LogP contribution in [0.3, 0.4) is 0 Å². The Morgan fingerprint density at radius 1 is 1.05 bits per heavy atom. The second kappa shape index (κ2) is 12.1. The molecule has 1 fully saturated rings. The molecule has 1 atom stereocenters. The number of ether oxygens (including phenoxy) is 2. The molecule has 5 rings (SSSR count). The number of carbonyl (C=O) groups is 1. The van der Waals surface area contributed by atoms with Crippen molar-refractivity contribution in [3.8, 4) is 28.0 Å². The van der Waals surface area contributed by atoms with E-state index in [2.05, 4.69) is 10.6 Å². The Morgan fingerprint density at radius 3 is 2.51 bits per heavy atom. The Labute approximate surface area is 238 Å². The van der Waals surface area contributed by atoms with Gasteiger partial charge in [0.2, 0.25) is 0 Å². The highest BCUT2D eigenvalue weighted by Gasteiger charge is 2.20. The van der Waals surface area contributed by atoms with Crippen molar-refractivity contribution >= 4 is 11.6 Å². The molecule has 0 spiro atoms. The lowest BCUT2D eigenvalue weighted by molar-refractivity contribution is 0.102. The van der Waals surface area contributed by atoms with Gasteiger partial charge in [0.25, 0.3) is 11.5 Å². The van der Waals surface area contributed by atoms with E-state index >= 15 is 4.39 Å². The summed E-state index contributed by atoms with van der Waals surface area (Å²) < 4.78 is 27.8. The maximum Gasteiger partial charge on any atom is 0.263 e. The first-order chi connectivity index (χ1) is 19.8. The van der Waals surface area contributed by atoms with E-state index in [0.29, 0.717) is 42.3 Å². The summed E-state index contributed by atoms with van der Waals surface area (Å²) in [7, 11) is 3.16. The van der Waals surface area contributed by atoms with Gasteiger partial charge in [0, 0.05) is 43.7 Å². The minimum Gasteiger partial charge on any atom is -0.496 e. The lowest BCUT2D eigenvalue weighted by Gasteiger charge is -2.18. The molecule has 3 aromatic carbocycles. The highest BCUT2D eigenvalue weighted by atomic mass is 19.1. The van der Waals surface area contributed by atoms with Crippen LogP contribution in [-0.4, -0.2) is 36.8 Å². The number of benzene rings is 3. The van der Waals surface area contributed by atoms with Crippen LogP contribution >= 0.6 is 0 Å². The van der Waals surface area contributed by atoms with Gasteiger partial charge in [0.05, 0.1) is 13.7 Å². The van der Waals surface area contributed by atoms with Gasteiger partial charge in [-0.3, -0.25) is 9.59 Å². The van der Waals surface area contributed by atoms with E-state index in [4.69, 9.17) is 9.47 Å². The zero-order chi connectivity index (χ0) is 29.1. The van der Waals surface area contributed by atoms with Crippen molar-refractivity contribution in [2.45, 2.75) is 32.9 Å². The number of carbonyl (C=O) groups excluding carboxylic acids is 1. The average Bonchev–Trinajstić information content (AvgIpc) is 3.48. The predicted octanol–water partition coefficient (Wildman–Crippen LogP) is 5.61. The number of aromatic nitrogens is 1. The summed E-state index contributed by atoms with van der Waals surface area (Å²) in [6.45, 7) is 5.63. The SMILES string of the molecule is COc1cc(-c2cccc(-c3cccc(NC(=O)c4cccn(C)c4=O)c3C)c2C)cc(F)c1CNC1CCOC1. The highest BCUT2D eigenvalue weighted by Crippen LogP contribution is 2.37. The van der Waals surface area contributed by atoms with Gasteiger partial charge in [-0.25, -0.2) is 4.39 Å². The van der Waals surface area contributed by atoms with Gasteiger partial charge in [0.1, 0.15) is 17.1 Å². The molecule has 0 aliphatic carbocycles. The molecule has 212 valence electrons. The summed E-state index contributed by atoms with van der Waals surface area (Å²) in [5, 5.41) is 6.26. The first-order valence-corrected chi connectivity index (χ1v) is 13.6. The van der Waals surface area contributed by atoms with Crippen molar-refractivity contribution in [2.24, 2.45) is 7.05 Å². The number of anilines is 1. The summed E-state index contributed by atoms with van der Waals surface area (Å²) in [5.74, 6) is -0.304. The summed E-state index contributed by atoms with van der Waals surface area (Å²) in [4.78, 5) is 25.4. The standard InChI is InChI=1S/C33H34FN3O4/c1-20-24(22-16-29(34)28(31(17-22)40-4)18-35-23-13-15-41-19-23)8-5-9-25(20)26-10-6-12-30(21(26)2)36-32(38)27-11-7-14-37(3)33(27)39/h5-12,14,16-17,23,35H,13,15,18-19H2,1-4H3,(H,36,38). The monoisotopic (exact) mass is 555 g/mol. The number of nitrogens with one attached hydrogen (secondary N) is 2. The number of amides is 1. The minimum atomic E-state index is -0.463. The largest absolute Gasteiger partial charge is 0.496 e. The topological polar surface area (TPSA) is 81.6 Å². The second-order valence-electron chi connectivity index (χ2n) is 10.3. The Balaban J connectivity index is 1.46. The van der Waals surface area contributed by atoms with Gasteiger partial charge in [-0.2, -0.15) is 0 Å². The molecule has 1 saturated heterocycles. The molecule has 41 heavy (non-hydrogen) atoms. The summed E-state index contributed by atoms with van der Waals surface area (Å²) in [6, 6.07) is 18.4. The number of hydrogen-bond donors (Lipinski definition) is 2. The molecule has 1 unspecified atom stereocenters. The van der Waals surface area contributed by atoms with E-state index in [1.54, 1.807) is 32.5 Å². The van der Waals surface area contributed by atoms with E-state index in [-0.39, 0.29) is 23.0 Å². The van der Waals surface area contributed by atoms with Crippen LogP contribution in [0.25, 0.3) is 22.3 Å². The summed E-state index contributed by atoms with van der Waals surface area (Å²) >= 11 is 0. The molecule has 2 heterocycles. The Bertz CT molecular complexity index is 1660. The quantitative estimate of drug-likeness (QED) is 0.295. The molecule has 2 N–H and O–H groups in total. The Kier molecular flexibility index (Phi) is 8.33. The third-order valence-corrected chi connectivity index (χ3v) is 7.76. The van der Waals surface area contributed by atoms with Crippen molar-refractivity contribution in [1.82, 2.24) is 9.88 Å².